The zero-order chi connectivity index (χ0) is 11.8. The van der Waals surface area contributed by atoms with Gasteiger partial charge in [0, 0.05) is 19.3 Å². The summed E-state index contributed by atoms with van der Waals surface area (Å²) in [6, 6.07) is 2.81. The van der Waals surface area contributed by atoms with Crippen molar-refractivity contribution in [3.63, 3.8) is 0 Å². The van der Waals surface area contributed by atoms with E-state index in [9.17, 15) is 0 Å². The molecule has 0 aromatic carbocycles. The predicted octanol–water partition coefficient (Wildman–Crippen LogP) is 2.33. The highest BCUT2D eigenvalue weighted by Gasteiger charge is 2.25. The molecule has 2 atom stereocenters. The first-order valence-corrected chi connectivity index (χ1v) is 6.44. The molecule has 0 aromatic heterocycles. The van der Waals surface area contributed by atoms with Gasteiger partial charge in [0.05, 0.1) is 12.0 Å². The Hall–Kier alpha value is -0.590. The quantitative estimate of drug-likeness (QED) is 0.675. The smallest absolute Gasteiger partial charge is 0.0672 e. The first-order valence-electron chi connectivity index (χ1n) is 6.44. The number of ether oxygens (including phenoxy) is 1. The van der Waals surface area contributed by atoms with Gasteiger partial charge in [0.15, 0.2) is 0 Å². The van der Waals surface area contributed by atoms with Gasteiger partial charge in [-0.1, -0.05) is 20.3 Å². The van der Waals surface area contributed by atoms with Crippen LogP contribution in [0.4, 0.5) is 0 Å². The van der Waals surface area contributed by atoms with E-state index in [0.717, 1.165) is 39.0 Å². The molecule has 0 bridgehead atoms. The van der Waals surface area contributed by atoms with E-state index in [1.165, 1.54) is 6.42 Å². The van der Waals surface area contributed by atoms with E-state index < -0.39 is 0 Å². The number of nitrogens with one attached hydrogen (secondary N) is 1. The molecular weight excluding hydrogens is 200 g/mol. The fourth-order valence-corrected chi connectivity index (χ4v) is 2.14. The van der Waals surface area contributed by atoms with Gasteiger partial charge in [-0.3, -0.25) is 0 Å². The van der Waals surface area contributed by atoms with Crippen molar-refractivity contribution in [3.05, 3.63) is 0 Å². The van der Waals surface area contributed by atoms with Crippen molar-refractivity contribution in [1.82, 2.24) is 5.32 Å². The van der Waals surface area contributed by atoms with Crippen molar-refractivity contribution in [2.24, 2.45) is 11.8 Å². The van der Waals surface area contributed by atoms with Gasteiger partial charge in [0.2, 0.25) is 0 Å². The highest BCUT2D eigenvalue weighted by atomic mass is 16.5. The Morgan fingerprint density at radius 1 is 1.44 bits per heavy atom. The van der Waals surface area contributed by atoms with E-state index in [4.69, 9.17) is 10.00 Å². The molecule has 0 aromatic rings. The third-order valence-electron chi connectivity index (χ3n) is 3.00. The van der Waals surface area contributed by atoms with Crippen molar-refractivity contribution in [3.8, 4) is 6.07 Å². The average Bonchev–Trinajstić information content (AvgIpc) is 2.70. The van der Waals surface area contributed by atoms with Crippen molar-refractivity contribution in [2.45, 2.75) is 45.6 Å². The minimum Gasteiger partial charge on any atom is -0.381 e. The molecule has 0 spiro atoms. The molecule has 1 saturated carbocycles. The van der Waals surface area contributed by atoms with Gasteiger partial charge in [-0.15, -0.1) is 0 Å². The SMILES string of the molecule is CC(C)COCCCNC1CCCC1C#N. The second-order valence-corrected chi connectivity index (χ2v) is 5.05. The molecule has 0 aliphatic heterocycles. The van der Waals surface area contributed by atoms with E-state index in [1.54, 1.807) is 0 Å². The molecule has 1 N–H and O–H groups in total. The van der Waals surface area contributed by atoms with Crippen molar-refractivity contribution < 1.29 is 4.74 Å². The number of hydrogen-bond donors (Lipinski definition) is 1. The average molecular weight is 224 g/mol. The minimum absolute atomic E-state index is 0.233. The van der Waals surface area contributed by atoms with Crippen molar-refractivity contribution >= 4 is 0 Å². The summed E-state index contributed by atoms with van der Waals surface area (Å²) in [5.74, 6) is 0.849. The molecule has 0 heterocycles. The second kappa shape index (κ2) is 7.65. The van der Waals surface area contributed by atoms with Gasteiger partial charge in [-0.2, -0.15) is 5.26 Å². The maximum Gasteiger partial charge on any atom is 0.0672 e. The van der Waals surface area contributed by atoms with Crippen molar-refractivity contribution in [2.75, 3.05) is 19.8 Å². The number of rotatable bonds is 7. The Labute approximate surface area is 99.2 Å². The summed E-state index contributed by atoms with van der Waals surface area (Å²) < 4.78 is 5.51. The van der Waals surface area contributed by atoms with Gasteiger partial charge in [-0.05, 0) is 31.7 Å². The lowest BCUT2D eigenvalue weighted by molar-refractivity contribution is 0.107. The molecule has 0 amide bonds. The third kappa shape index (κ3) is 4.96. The molecule has 3 heteroatoms. The van der Waals surface area contributed by atoms with E-state index in [1.807, 2.05) is 0 Å². The molecule has 0 radical (unpaired) electrons. The molecule has 1 rings (SSSR count). The summed E-state index contributed by atoms with van der Waals surface area (Å²) >= 11 is 0. The maximum atomic E-state index is 8.92. The number of hydrogen-bond acceptors (Lipinski definition) is 3. The Kier molecular flexibility index (Phi) is 6.44. The van der Waals surface area contributed by atoms with E-state index in [0.29, 0.717) is 12.0 Å². The normalized spacial score (nSPS) is 24.9. The van der Waals surface area contributed by atoms with Crippen LogP contribution in [0, 0.1) is 23.2 Å². The van der Waals surface area contributed by atoms with Gasteiger partial charge in [0.25, 0.3) is 0 Å². The van der Waals surface area contributed by atoms with Gasteiger partial charge in [0.1, 0.15) is 0 Å². The molecule has 2 unspecified atom stereocenters. The summed E-state index contributed by atoms with van der Waals surface area (Å²) in [6.45, 7) is 6.98. The molecule has 0 saturated heterocycles. The predicted molar refractivity (Wildman–Crippen MR) is 65.0 cm³/mol. The fourth-order valence-electron chi connectivity index (χ4n) is 2.14. The third-order valence-corrected chi connectivity index (χ3v) is 3.00. The summed E-state index contributed by atoms with van der Waals surface area (Å²) in [5, 5.41) is 12.4. The number of nitrogens with zero attached hydrogens (tertiary/aromatic N) is 1. The summed E-state index contributed by atoms with van der Waals surface area (Å²) in [7, 11) is 0. The van der Waals surface area contributed by atoms with Crippen LogP contribution in [0.15, 0.2) is 0 Å². The van der Waals surface area contributed by atoms with Crippen LogP contribution in [-0.4, -0.2) is 25.8 Å². The van der Waals surface area contributed by atoms with Crippen LogP contribution in [0.25, 0.3) is 0 Å². The van der Waals surface area contributed by atoms with Crippen LogP contribution in [0.5, 0.6) is 0 Å². The largest absolute Gasteiger partial charge is 0.381 e. The first-order chi connectivity index (χ1) is 7.74. The van der Waals surface area contributed by atoms with Crippen molar-refractivity contribution in [1.29, 1.82) is 5.26 Å². The summed E-state index contributed by atoms with van der Waals surface area (Å²) in [4.78, 5) is 0. The first kappa shape index (κ1) is 13.5. The standard InChI is InChI=1S/C13H24N2O/c1-11(2)10-16-8-4-7-15-13-6-3-5-12(13)9-14/h11-13,15H,3-8,10H2,1-2H3. The molecular formula is C13H24N2O. The molecule has 1 fully saturated rings. The lowest BCUT2D eigenvalue weighted by atomic mass is 10.1. The Bertz CT molecular complexity index is 222. The van der Waals surface area contributed by atoms with Crippen LogP contribution < -0.4 is 5.32 Å². The van der Waals surface area contributed by atoms with E-state index in [2.05, 4.69) is 25.2 Å². The van der Waals surface area contributed by atoms with Gasteiger partial charge >= 0.3 is 0 Å². The van der Waals surface area contributed by atoms with Crippen LogP contribution in [0.1, 0.15) is 39.5 Å². The summed E-state index contributed by atoms with van der Waals surface area (Å²) in [5.41, 5.74) is 0. The molecule has 1 aliphatic rings. The van der Waals surface area contributed by atoms with Gasteiger partial charge in [-0.25, -0.2) is 0 Å². The van der Waals surface area contributed by atoms with Crippen LogP contribution in [0.3, 0.4) is 0 Å². The molecule has 16 heavy (non-hydrogen) atoms. The monoisotopic (exact) mass is 224 g/mol. The van der Waals surface area contributed by atoms with E-state index in [-0.39, 0.29) is 5.92 Å². The Morgan fingerprint density at radius 2 is 2.25 bits per heavy atom. The minimum atomic E-state index is 0.233. The summed E-state index contributed by atoms with van der Waals surface area (Å²) in [6.07, 6.45) is 4.46. The van der Waals surface area contributed by atoms with Crippen LogP contribution in [0.2, 0.25) is 0 Å². The number of nitriles is 1. The lowest BCUT2D eigenvalue weighted by Gasteiger charge is -2.15. The highest BCUT2D eigenvalue weighted by Crippen LogP contribution is 2.24. The topological polar surface area (TPSA) is 45.0 Å². The Morgan fingerprint density at radius 3 is 2.94 bits per heavy atom. The van der Waals surface area contributed by atoms with Gasteiger partial charge < -0.3 is 10.1 Å². The maximum absolute atomic E-state index is 8.92. The van der Waals surface area contributed by atoms with Crippen LogP contribution in [-0.2, 0) is 4.74 Å². The second-order valence-electron chi connectivity index (χ2n) is 5.05. The fraction of sp³-hybridized carbons (Fsp3) is 0.923. The van der Waals surface area contributed by atoms with E-state index >= 15 is 0 Å². The highest BCUT2D eigenvalue weighted by molar-refractivity contribution is 4.96. The Balaban J connectivity index is 1.97. The molecule has 1 aliphatic carbocycles. The lowest BCUT2D eigenvalue weighted by Crippen LogP contribution is -2.33. The van der Waals surface area contributed by atoms with Crippen LogP contribution >= 0.6 is 0 Å². The zero-order valence-electron chi connectivity index (χ0n) is 10.5. The molecule has 3 nitrogen and oxygen atoms in total. The zero-order valence-corrected chi connectivity index (χ0v) is 10.5. The molecule has 92 valence electrons.